The van der Waals surface area contributed by atoms with Crippen LogP contribution in [0.1, 0.15) is 77.1 Å². The third kappa shape index (κ3) is 6.29. The third-order valence-electron chi connectivity index (χ3n) is 8.14. The number of nitrogens with one attached hydrogen (secondary N) is 4. The van der Waals surface area contributed by atoms with Gasteiger partial charge in [0.15, 0.2) is 0 Å². The van der Waals surface area contributed by atoms with Crippen molar-refractivity contribution in [2.24, 2.45) is 17.4 Å². The zero-order chi connectivity index (χ0) is 30.4. The van der Waals surface area contributed by atoms with E-state index in [-0.39, 0.29) is 12.5 Å². The Morgan fingerprint density at radius 1 is 1.14 bits per heavy atom. The number of aromatic amines is 2. The van der Waals surface area contributed by atoms with Crippen LogP contribution in [-0.2, 0) is 23.1 Å². The summed E-state index contributed by atoms with van der Waals surface area (Å²) in [6.45, 7) is 8.37. The number of nitriles is 1. The molecular formula is C31H38N8O3. The van der Waals surface area contributed by atoms with Crippen molar-refractivity contribution in [1.29, 1.82) is 5.26 Å². The van der Waals surface area contributed by atoms with Crippen molar-refractivity contribution in [3.05, 3.63) is 92.7 Å². The van der Waals surface area contributed by atoms with Crippen molar-refractivity contribution in [1.82, 2.24) is 25.8 Å². The Hall–Kier alpha value is -4.69. The van der Waals surface area contributed by atoms with E-state index in [1.54, 1.807) is 12.1 Å². The first kappa shape index (κ1) is 30.3. The highest BCUT2D eigenvalue weighted by Gasteiger charge is 2.43. The number of carbonyl (C=O) groups excluding carboxylic acids is 2. The zero-order valence-electron chi connectivity index (χ0n) is 24.0. The van der Waals surface area contributed by atoms with Gasteiger partial charge in [-0.2, -0.15) is 10.4 Å². The fourth-order valence-electron chi connectivity index (χ4n) is 5.75. The standard InChI is InChI=1S/C31H38N8O3/c1-4-18(2)13-24(16-32)36-27(40)17-35-12-11-31(29-37-30(42)39-38-29)25-9-7-20(19(3)33)14-21(25)5-6-22-15-23(28(34)41)8-10-26(22)31/h7-10,14-15,18,24,35H,3-6,11-13,17,33H2,1-2H3,(H2,34,41)(H,36,40)(H2,37,38,39,42)/t18-,24?,31?/m0/s1. The summed E-state index contributed by atoms with van der Waals surface area (Å²) in [5.74, 6) is -0.0729. The average Bonchev–Trinajstić information content (AvgIpc) is 3.36. The summed E-state index contributed by atoms with van der Waals surface area (Å²) < 4.78 is 0. The number of benzene rings is 2. The molecule has 3 atom stereocenters. The highest BCUT2D eigenvalue weighted by Crippen LogP contribution is 2.46. The van der Waals surface area contributed by atoms with E-state index >= 15 is 0 Å². The monoisotopic (exact) mass is 570 g/mol. The molecule has 1 aliphatic carbocycles. The van der Waals surface area contributed by atoms with Gasteiger partial charge in [0.1, 0.15) is 11.9 Å². The Balaban J connectivity index is 1.72. The van der Waals surface area contributed by atoms with Gasteiger partial charge in [-0.3, -0.25) is 14.6 Å². The number of amides is 2. The molecule has 1 aliphatic rings. The first-order chi connectivity index (χ1) is 20.1. The number of hydrogen-bond acceptors (Lipinski definition) is 7. The number of rotatable bonds is 12. The van der Waals surface area contributed by atoms with Crippen molar-refractivity contribution >= 4 is 17.5 Å². The number of aromatic nitrogens is 3. The maximum absolute atomic E-state index is 12.7. The van der Waals surface area contributed by atoms with Gasteiger partial charge in [-0.1, -0.05) is 45.0 Å². The summed E-state index contributed by atoms with van der Waals surface area (Å²) in [5.41, 5.74) is 15.6. The number of primary amides is 1. The second-order valence-electron chi connectivity index (χ2n) is 11.0. The zero-order valence-corrected chi connectivity index (χ0v) is 24.0. The quantitative estimate of drug-likeness (QED) is 0.179. The number of fused-ring (bicyclic) bond motifs is 2. The molecule has 1 heterocycles. The van der Waals surface area contributed by atoms with Crippen LogP contribution in [0.2, 0.25) is 0 Å². The lowest BCUT2D eigenvalue weighted by Gasteiger charge is -2.35. The van der Waals surface area contributed by atoms with Crippen LogP contribution in [0.4, 0.5) is 0 Å². The molecule has 42 heavy (non-hydrogen) atoms. The fourth-order valence-corrected chi connectivity index (χ4v) is 5.75. The van der Waals surface area contributed by atoms with E-state index in [9.17, 15) is 19.6 Å². The predicted octanol–water partition coefficient (Wildman–Crippen LogP) is 1.98. The first-order valence-corrected chi connectivity index (χ1v) is 14.1. The molecule has 11 heteroatoms. The van der Waals surface area contributed by atoms with Crippen molar-refractivity contribution in [3.63, 3.8) is 0 Å². The summed E-state index contributed by atoms with van der Waals surface area (Å²) in [6, 6.07) is 12.8. The summed E-state index contributed by atoms with van der Waals surface area (Å²) in [5, 5.41) is 22.4. The molecule has 0 saturated carbocycles. The van der Waals surface area contributed by atoms with Gasteiger partial charge >= 0.3 is 5.69 Å². The van der Waals surface area contributed by atoms with Crippen molar-refractivity contribution in [3.8, 4) is 6.07 Å². The van der Waals surface area contributed by atoms with E-state index in [2.05, 4.69) is 52.3 Å². The van der Waals surface area contributed by atoms with Crippen LogP contribution in [0.25, 0.3) is 5.70 Å². The molecular weight excluding hydrogens is 532 g/mol. The Bertz CT molecular complexity index is 1520. The van der Waals surface area contributed by atoms with Gasteiger partial charge in [-0.05, 0) is 84.2 Å². The molecule has 11 nitrogen and oxygen atoms in total. The van der Waals surface area contributed by atoms with Gasteiger partial charge in [0.2, 0.25) is 11.8 Å². The topological polar surface area (TPSA) is 196 Å². The molecule has 8 N–H and O–H groups in total. The summed E-state index contributed by atoms with van der Waals surface area (Å²) in [7, 11) is 0. The normalized spacial score (nSPS) is 17.2. The number of nitrogens with zero attached hydrogens (tertiary/aromatic N) is 2. The molecule has 0 bridgehead atoms. The Labute approximate surface area is 244 Å². The predicted molar refractivity (Wildman–Crippen MR) is 160 cm³/mol. The third-order valence-corrected chi connectivity index (χ3v) is 8.14. The van der Waals surface area contributed by atoms with E-state index in [4.69, 9.17) is 11.5 Å². The van der Waals surface area contributed by atoms with Crippen LogP contribution in [0.5, 0.6) is 0 Å². The van der Waals surface area contributed by atoms with Gasteiger partial charge in [-0.15, -0.1) is 0 Å². The Kier molecular flexibility index (Phi) is 9.28. The number of aryl methyl sites for hydroxylation is 2. The number of carbonyl (C=O) groups is 2. The minimum atomic E-state index is -0.944. The van der Waals surface area contributed by atoms with E-state index in [1.165, 1.54) is 0 Å². The number of nitrogens with two attached hydrogens (primary N) is 2. The summed E-state index contributed by atoms with van der Waals surface area (Å²) in [4.78, 5) is 40.0. The molecule has 0 spiro atoms. The lowest BCUT2D eigenvalue weighted by atomic mass is 9.69. The maximum atomic E-state index is 12.7. The SMILES string of the molecule is C=C(N)c1ccc2c(c1)CCc1cc(C(N)=O)ccc1C2(CCNCC(=O)NC(C#N)C[C@@H](C)CC)c1n[nH]c(=O)[nH]1. The molecule has 0 fully saturated rings. The average molecular weight is 571 g/mol. The molecule has 0 saturated heterocycles. The highest BCUT2D eigenvalue weighted by molar-refractivity contribution is 5.93. The van der Waals surface area contributed by atoms with Crippen molar-refractivity contribution in [2.45, 2.75) is 57.4 Å². The van der Waals surface area contributed by atoms with Gasteiger partial charge in [-0.25, -0.2) is 9.89 Å². The second-order valence-corrected chi connectivity index (χ2v) is 11.0. The minimum absolute atomic E-state index is 0.0120. The highest BCUT2D eigenvalue weighted by atomic mass is 16.2. The van der Waals surface area contributed by atoms with Crippen molar-refractivity contribution in [2.75, 3.05) is 13.1 Å². The van der Waals surface area contributed by atoms with E-state index in [0.29, 0.717) is 55.2 Å². The molecule has 220 valence electrons. The lowest BCUT2D eigenvalue weighted by molar-refractivity contribution is -0.120. The molecule has 3 aromatic rings. The molecule has 1 aromatic heterocycles. The van der Waals surface area contributed by atoms with Gasteiger partial charge in [0.25, 0.3) is 0 Å². The molecule has 0 radical (unpaired) electrons. The Morgan fingerprint density at radius 2 is 1.79 bits per heavy atom. The van der Waals surface area contributed by atoms with Crippen molar-refractivity contribution < 1.29 is 9.59 Å². The molecule has 2 amide bonds. The van der Waals surface area contributed by atoms with Crippen LogP contribution in [-0.4, -0.2) is 46.1 Å². The summed E-state index contributed by atoms with van der Waals surface area (Å²) >= 11 is 0. The van der Waals surface area contributed by atoms with Crippen LogP contribution >= 0.6 is 0 Å². The van der Waals surface area contributed by atoms with E-state index in [1.807, 2.05) is 24.3 Å². The van der Waals surface area contributed by atoms with Crippen LogP contribution < -0.4 is 27.8 Å². The van der Waals surface area contributed by atoms with E-state index in [0.717, 1.165) is 34.2 Å². The maximum Gasteiger partial charge on any atom is 0.340 e. The molecule has 0 aliphatic heterocycles. The van der Waals surface area contributed by atoms with Crippen LogP contribution in [0, 0.1) is 17.2 Å². The van der Waals surface area contributed by atoms with E-state index < -0.39 is 23.1 Å². The Morgan fingerprint density at radius 3 is 2.33 bits per heavy atom. The van der Waals surface area contributed by atoms with Crippen LogP contribution in [0.15, 0.2) is 47.8 Å². The smallest absolute Gasteiger partial charge is 0.340 e. The van der Waals surface area contributed by atoms with Gasteiger partial charge in [0.05, 0.1) is 18.0 Å². The summed E-state index contributed by atoms with van der Waals surface area (Å²) in [6.07, 6.45) is 3.18. The molecule has 4 rings (SSSR count). The molecule has 2 aromatic carbocycles. The number of H-pyrrole nitrogens is 2. The first-order valence-electron chi connectivity index (χ1n) is 14.1. The fraction of sp³-hybridized carbons (Fsp3) is 0.387. The second kappa shape index (κ2) is 12.9. The minimum Gasteiger partial charge on any atom is -0.399 e. The van der Waals surface area contributed by atoms with Gasteiger partial charge < -0.3 is 22.1 Å². The van der Waals surface area contributed by atoms with Gasteiger partial charge in [0, 0.05) is 11.3 Å². The lowest BCUT2D eigenvalue weighted by Crippen LogP contribution is -2.42. The largest absolute Gasteiger partial charge is 0.399 e. The number of hydrogen-bond donors (Lipinski definition) is 6. The molecule has 2 unspecified atom stereocenters. The van der Waals surface area contributed by atoms with Crippen LogP contribution in [0.3, 0.4) is 0 Å².